The van der Waals surface area contributed by atoms with Gasteiger partial charge in [0.25, 0.3) is 5.91 Å². The van der Waals surface area contributed by atoms with E-state index in [-0.39, 0.29) is 22.4 Å². The van der Waals surface area contributed by atoms with Crippen LogP contribution in [0.4, 0.5) is 0 Å². The first-order valence-corrected chi connectivity index (χ1v) is 10.4. The number of nitrogens with zero attached hydrogens (tertiary/aromatic N) is 1. The van der Waals surface area contributed by atoms with Crippen molar-refractivity contribution in [3.05, 3.63) is 29.8 Å². The Balaban J connectivity index is 1.74. The van der Waals surface area contributed by atoms with Gasteiger partial charge in [0.1, 0.15) is 0 Å². The summed E-state index contributed by atoms with van der Waals surface area (Å²) < 4.78 is 39.8. The summed E-state index contributed by atoms with van der Waals surface area (Å²) in [5.41, 5.74) is 0.0673. The zero-order valence-corrected chi connectivity index (χ0v) is 16.0. The maximum Gasteiger partial charge on any atom is 0.253 e. The molecule has 144 valence electrons. The topological polar surface area (TPSA) is 84.9 Å². The van der Waals surface area contributed by atoms with Crippen molar-refractivity contribution in [1.29, 1.82) is 0 Å². The predicted octanol–water partition coefficient (Wildman–Crippen LogP) is 1.39. The van der Waals surface area contributed by atoms with Crippen LogP contribution in [-0.4, -0.2) is 64.8 Å². The molecule has 2 fully saturated rings. The number of carbonyl (C=O) groups is 1. The lowest BCUT2D eigenvalue weighted by Gasteiger charge is -2.43. The van der Waals surface area contributed by atoms with Gasteiger partial charge in [-0.2, -0.15) is 0 Å². The van der Waals surface area contributed by atoms with Crippen LogP contribution in [0.2, 0.25) is 0 Å². The first-order chi connectivity index (χ1) is 12.3. The molecule has 1 aromatic carbocycles. The molecule has 7 nitrogen and oxygen atoms in total. The summed E-state index contributed by atoms with van der Waals surface area (Å²) in [5.74, 6) is -0.228. The van der Waals surface area contributed by atoms with E-state index in [0.29, 0.717) is 38.2 Å². The molecular formula is C18H26N2O5S. The summed E-state index contributed by atoms with van der Waals surface area (Å²) in [5, 5.41) is 0. The van der Waals surface area contributed by atoms with Crippen molar-refractivity contribution in [3.63, 3.8) is 0 Å². The molecule has 2 heterocycles. The number of hydrogen-bond donors (Lipinski definition) is 1. The standard InChI is InChI=1S/C18H26N2O5S/c1-20(2)17(21)14-4-3-5-16(12-14)26(22,23)19-15-6-9-25-18(13-15)7-10-24-11-8-18/h3-5,12,15,19H,6-11,13H2,1-2H3/t15-/m1/s1. The van der Waals surface area contributed by atoms with Gasteiger partial charge in [0.05, 0.1) is 10.5 Å². The zero-order chi connectivity index (χ0) is 18.8. The van der Waals surface area contributed by atoms with Crippen LogP contribution in [0.15, 0.2) is 29.2 Å². The van der Waals surface area contributed by atoms with Gasteiger partial charge in [0.15, 0.2) is 0 Å². The molecule has 8 heteroatoms. The van der Waals surface area contributed by atoms with E-state index >= 15 is 0 Å². The molecule has 1 amide bonds. The number of ether oxygens (including phenoxy) is 2. The van der Waals surface area contributed by atoms with E-state index in [1.807, 2.05) is 0 Å². The van der Waals surface area contributed by atoms with E-state index in [4.69, 9.17) is 9.47 Å². The fourth-order valence-electron chi connectivity index (χ4n) is 3.56. The normalized spacial score (nSPS) is 22.9. The highest BCUT2D eigenvalue weighted by Gasteiger charge is 2.40. The van der Waals surface area contributed by atoms with Crippen molar-refractivity contribution >= 4 is 15.9 Å². The molecule has 2 aliphatic rings. The van der Waals surface area contributed by atoms with Gasteiger partial charge in [0, 0.05) is 45.5 Å². The van der Waals surface area contributed by atoms with Crippen molar-refractivity contribution in [1.82, 2.24) is 9.62 Å². The van der Waals surface area contributed by atoms with Crippen molar-refractivity contribution in [2.45, 2.75) is 42.2 Å². The zero-order valence-electron chi connectivity index (χ0n) is 15.2. The number of benzene rings is 1. The van der Waals surface area contributed by atoms with E-state index in [2.05, 4.69) is 4.72 Å². The van der Waals surface area contributed by atoms with Crippen molar-refractivity contribution in [3.8, 4) is 0 Å². The van der Waals surface area contributed by atoms with Crippen LogP contribution in [0.3, 0.4) is 0 Å². The van der Waals surface area contributed by atoms with Gasteiger partial charge in [0.2, 0.25) is 10.0 Å². The molecule has 2 aliphatic heterocycles. The third-order valence-corrected chi connectivity index (χ3v) is 6.53. The molecule has 0 bridgehead atoms. The molecule has 1 spiro atoms. The summed E-state index contributed by atoms with van der Waals surface area (Å²) in [4.78, 5) is 13.6. The van der Waals surface area contributed by atoms with E-state index in [0.717, 1.165) is 12.8 Å². The van der Waals surface area contributed by atoms with Crippen LogP contribution in [0.25, 0.3) is 0 Å². The smallest absolute Gasteiger partial charge is 0.253 e. The summed E-state index contributed by atoms with van der Waals surface area (Å²) in [6.07, 6.45) is 2.86. The minimum absolute atomic E-state index is 0.109. The maximum absolute atomic E-state index is 12.8. The Morgan fingerprint density at radius 3 is 2.65 bits per heavy atom. The second kappa shape index (κ2) is 7.64. The van der Waals surface area contributed by atoms with Crippen LogP contribution in [0.1, 0.15) is 36.0 Å². The molecular weight excluding hydrogens is 356 g/mol. The maximum atomic E-state index is 12.8. The highest BCUT2D eigenvalue weighted by Crippen LogP contribution is 2.34. The van der Waals surface area contributed by atoms with Gasteiger partial charge in [-0.05, 0) is 43.9 Å². The molecule has 1 N–H and O–H groups in total. The third-order valence-electron chi connectivity index (χ3n) is 5.02. The lowest BCUT2D eigenvalue weighted by molar-refractivity contribution is -0.138. The van der Waals surface area contributed by atoms with Crippen molar-refractivity contribution in [2.75, 3.05) is 33.9 Å². The van der Waals surface area contributed by atoms with Gasteiger partial charge in [-0.1, -0.05) is 6.07 Å². The van der Waals surface area contributed by atoms with Crippen molar-refractivity contribution < 1.29 is 22.7 Å². The number of carbonyl (C=O) groups excluding carboxylic acids is 1. The molecule has 0 aliphatic carbocycles. The molecule has 2 saturated heterocycles. The molecule has 26 heavy (non-hydrogen) atoms. The van der Waals surface area contributed by atoms with E-state index in [1.165, 1.54) is 17.0 Å². The summed E-state index contributed by atoms with van der Waals surface area (Å²) in [6, 6.07) is 5.97. The number of nitrogens with one attached hydrogen (secondary N) is 1. The minimum Gasteiger partial charge on any atom is -0.381 e. The lowest BCUT2D eigenvalue weighted by Crippen LogP contribution is -2.50. The first kappa shape index (κ1) is 19.3. The lowest BCUT2D eigenvalue weighted by atomic mass is 9.84. The number of sulfonamides is 1. The van der Waals surface area contributed by atoms with Crippen LogP contribution in [0, 0.1) is 0 Å². The Bertz CT molecular complexity index is 751. The van der Waals surface area contributed by atoms with Crippen LogP contribution < -0.4 is 4.72 Å². The van der Waals surface area contributed by atoms with Crippen LogP contribution in [-0.2, 0) is 19.5 Å². The van der Waals surface area contributed by atoms with Gasteiger partial charge in [-0.3, -0.25) is 4.79 Å². The quantitative estimate of drug-likeness (QED) is 0.851. The average Bonchev–Trinajstić information content (AvgIpc) is 2.61. The van der Waals surface area contributed by atoms with Crippen LogP contribution >= 0.6 is 0 Å². The summed E-state index contributed by atoms with van der Waals surface area (Å²) in [6.45, 7) is 1.83. The molecule has 0 unspecified atom stereocenters. The average molecular weight is 382 g/mol. The first-order valence-electron chi connectivity index (χ1n) is 8.87. The molecule has 3 rings (SSSR count). The molecule has 0 saturated carbocycles. The van der Waals surface area contributed by atoms with Crippen LogP contribution in [0.5, 0.6) is 0 Å². The second-order valence-corrected chi connectivity index (χ2v) is 8.90. The fourth-order valence-corrected chi connectivity index (χ4v) is 4.88. The molecule has 1 aromatic rings. The van der Waals surface area contributed by atoms with E-state index in [9.17, 15) is 13.2 Å². The SMILES string of the molecule is CN(C)C(=O)c1cccc(S(=O)(=O)N[C@@H]2CCOC3(CCOCC3)C2)c1. The fraction of sp³-hybridized carbons (Fsp3) is 0.611. The molecule has 1 atom stereocenters. The largest absolute Gasteiger partial charge is 0.381 e. The third kappa shape index (κ3) is 4.25. The number of amides is 1. The number of rotatable bonds is 4. The summed E-state index contributed by atoms with van der Waals surface area (Å²) >= 11 is 0. The Labute approximate surface area is 154 Å². The Morgan fingerprint density at radius 1 is 1.23 bits per heavy atom. The number of hydrogen-bond acceptors (Lipinski definition) is 5. The second-order valence-electron chi connectivity index (χ2n) is 7.18. The van der Waals surface area contributed by atoms with Gasteiger partial charge in [-0.25, -0.2) is 13.1 Å². The molecule has 0 radical (unpaired) electrons. The van der Waals surface area contributed by atoms with E-state index in [1.54, 1.807) is 26.2 Å². The highest BCUT2D eigenvalue weighted by molar-refractivity contribution is 7.89. The Kier molecular flexibility index (Phi) is 5.67. The van der Waals surface area contributed by atoms with Gasteiger partial charge in [-0.15, -0.1) is 0 Å². The van der Waals surface area contributed by atoms with Gasteiger partial charge < -0.3 is 14.4 Å². The highest BCUT2D eigenvalue weighted by atomic mass is 32.2. The predicted molar refractivity (Wildman–Crippen MR) is 96.5 cm³/mol. The molecule has 0 aromatic heterocycles. The summed E-state index contributed by atoms with van der Waals surface area (Å²) in [7, 11) is -0.432. The monoisotopic (exact) mass is 382 g/mol. The Hall–Kier alpha value is -1.48. The van der Waals surface area contributed by atoms with Crippen molar-refractivity contribution in [2.24, 2.45) is 0 Å². The Morgan fingerprint density at radius 2 is 1.96 bits per heavy atom. The minimum atomic E-state index is -3.70. The van der Waals surface area contributed by atoms with Gasteiger partial charge >= 0.3 is 0 Å². The van der Waals surface area contributed by atoms with E-state index < -0.39 is 10.0 Å².